The molecular weight excluding hydrogens is 1350 g/mol. The van der Waals surface area contributed by atoms with Crippen LogP contribution in [0.25, 0.3) is 77.9 Å². The normalized spacial score (nSPS) is 11.8. The van der Waals surface area contributed by atoms with Gasteiger partial charge in [0.25, 0.3) is 0 Å². The van der Waals surface area contributed by atoms with Crippen molar-refractivity contribution >= 4 is 35.8 Å². The number of hydrogen-bond donors (Lipinski definition) is 0. The molecule has 20 nitrogen and oxygen atoms in total. The maximum Gasteiger partial charge on any atom is 0.344 e. The summed E-state index contributed by atoms with van der Waals surface area (Å²) < 4.78 is 83.4. The van der Waals surface area contributed by atoms with Crippen LogP contribution in [0.3, 0.4) is 0 Å². The molecule has 0 heterocycles. The number of carbonyl (C=O) groups excluding carboxylic acids is 6. The van der Waals surface area contributed by atoms with Crippen LogP contribution in [0.4, 0.5) is 0 Å². The Hall–Kier alpha value is -11.0. The van der Waals surface area contributed by atoms with E-state index in [1.165, 1.54) is 0 Å². The van der Waals surface area contributed by atoms with Gasteiger partial charge in [-0.05, 0) is 254 Å². The molecule has 0 spiro atoms. The second kappa shape index (κ2) is 33.8. The number of hydrogen-bond acceptors (Lipinski definition) is 20. The number of ether oxygens (including phenoxy) is 14. The molecule has 8 aromatic rings. The van der Waals surface area contributed by atoms with Crippen molar-refractivity contribution < 1.29 is 95.1 Å². The molecular formula is C86H98O20. The first kappa shape index (κ1) is 80.7. The van der Waals surface area contributed by atoms with E-state index in [1.54, 1.807) is 200 Å². The van der Waals surface area contributed by atoms with Crippen molar-refractivity contribution in [2.24, 2.45) is 0 Å². The SMILES string of the molecule is COc1ccc(-c2ccc(-c3ccc(-c4ccc(-c5ccc(-c6ccc(-c7ccc(-c8ccc(OC)cc8)c(OCC(=O)OC(C)(C)C)c7)cc6OCC(=O)OC(C)(C)C)c(OCC(=O)OC(C)(C)C)c5)cc4OCC(=O)OC(C)(C)C)c(OCC(=O)OC(C)(C)C)c3)cc2OCC(=O)OC(C)(C)C)cc1. The average Bonchev–Trinajstić information content (AvgIpc) is 0.786. The van der Waals surface area contributed by atoms with Crippen LogP contribution in [0.2, 0.25) is 0 Å². The minimum atomic E-state index is -0.859. The summed E-state index contributed by atoms with van der Waals surface area (Å²) in [7, 11) is 3.17. The van der Waals surface area contributed by atoms with Gasteiger partial charge in [-0.2, -0.15) is 0 Å². The summed E-state index contributed by atoms with van der Waals surface area (Å²) in [5.41, 5.74) is 3.50. The maximum atomic E-state index is 13.6. The lowest BCUT2D eigenvalue weighted by Crippen LogP contribution is -2.27. The van der Waals surface area contributed by atoms with Gasteiger partial charge >= 0.3 is 35.8 Å². The van der Waals surface area contributed by atoms with Gasteiger partial charge in [0.15, 0.2) is 39.6 Å². The first-order valence-corrected chi connectivity index (χ1v) is 34.8. The van der Waals surface area contributed by atoms with Crippen molar-refractivity contribution in [1.29, 1.82) is 0 Å². The van der Waals surface area contributed by atoms with Crippen molar-refractivity contribution in [2.45, 2.75) is 158 Å². The van der Waals surface area contributed by atoms with E-state index in [-0.39, 0.29) is 36.2 Å². The number of methoxy groups -OCH3 is 2. The smallest absolute Gasteiger partial charge is 0.344 e. The van der Waals surface area contributed by atoms with Crippen LogP contribution in [-0.2, 0) is 57.2 Å². The Morgan fingerprint density at radius 3 is 0.528 bits per heavy atom. The minimum absolute atomic E-state index is 0.198. The molecule has 0 fully saturated rings. The second-order valence-electron chi connectivity index (χ2n) is 31.0. The fourth-order valence-corrected chi connectivity index (χ4v) is 10.9. The summed E-state index contributed by atoms with van der Waals surface area (Å²) in [5, 5.41) is 0. The molecule has 0 bridgehead atoms. The fourth-order valence-electron chi connectivity index (χ4n) is 10.9. The standard InChI is InChI=1S/C86H98O20/c1-81(2,3)101-75(87)47-95-69-41-55(25-35-63(69)53-21-31-61(93-19)32-22-53)57-27-37-65(71(43-57)97-49-77(89)103-83(7,8)9)67-39-29-59(45-73(67)99-51-79(91)105-85(13,14)15)60-30-40-68(74(46-60)100-52-80(92)106-86(16,17)18)66-38-28-58(44-72(66)98-50-78(90)104-84(10,11)12)56-26-36-64(54-23-33-62(94-20)34-24-54)70(42-56)96-48-76(88)102-82(4,5)6/h21-46H,47-52H2,1-20H3. The Kier molecular flexibility index (Phi) is 25.7. The number of rotatable bonds is 27. The topological polar surface area (TPSA) is 232 Å². The van der Waals surface area contributed by atoms with Gasteiger partial charge < -0.3 is 66.3 Å². The van der Waals surface area contributed by atoms with Gasteiger partial charge in [0.1, 0.15) is 79.6 Å². The Bertz CT molecular complexity index is 4160. The molecule has 0 radical (unpaired) electrons. The predicted molar refractivity (Wildman–Crippen MR) is 406 cm³/mol. The third-order valence-electron chi connectivity index (χ3n) is 14.9. The van der Waals surface area contributed by atoms with Gasteiger partial charge in [0.05, 0.1) is 14.2 Å². The molecule has 0 saturated carbocycles. The van der Waals surface area contributed by atoms with E-state index >= 15 is 0 Å². The van der Waals surface area contributed by atoms with Crippen LogP contribution < -0.4 is 37.9 Å². The monoisotopic (exact) mass is 1450 g/mol. The molecule has 0 N–H and O–H groups in total. The number of carbonyl (C=O) groups is 6. The first-order valence-electron chi connectivity index (χ1n) is 34.8. The van der Waals surface area contributed by atoms with Gasteiger partial charge in [-0.25, -0.2) is 28.8 Å². The molecule has 0 aliphatic carbocycles. The Morgan fingerprint density at radius 1 is 0.217 bits per heavy atom. The number of esters is 6. The van der Waals surface area contributed by atoms with Gasteiger partial charge in [-0.1, -0.05) is 72.8 Å². The zero-order chi connectivity index (χ0) is 77.7. The molecule has 106 heavy (non-hydrogen) atoms. The summed E-state index contributed by atoms with van der Waals surface area (Å²) in [6.45, 7) is 28.9. The van der Waals surface area contributed by atoms with Gasteiger partial charge in [0, 0.05) is 33.4 Å². The predicted octanol–water partition coefficient (Wildman–Crippen LogP) is 17.7. The lowest BCUT2D eigenvalue weighted by molar-refractivity contribution is -0.158. The highest BCUT2D eigenvalue weighted by molar-refractivity contribution is 5.88. The summed E-state index contributed by atoms with van der Waals surface area (Å²) in [5.74, 6) is -0.797. The average molecular weight is 1450 g/mol. The second-order valence-corrected chi connectivity index (χ2v) is 31.0. The Morgan fingerprint density at radius 2 is 0.368 bits per heavy atom. The first-order chi connectivity index (χ1) is 49.6. The summed E-state index contributed by atoms with van der Waals surface area (Å²) in [6.07, 6.45) is 0. The summed E-state index contributed by atoms with van der Waals surface area (Å²) in [6, 6.07) is 47.5. The molecule has 8 aromatic carbocycles. The minimum Gasteiger partial charge on any atom is -0.497 e. The molecule has 562 valence electrons. The zero-order valence-corrected chi connectivity index (χ0v) is 64.4. The van der Waals surface area contributed by atoms with Crippen molar-refractivity contribution in [3.05, 3.63) is 158 Å². The maximum absolute atomic E-state index is 13.6. The highest BCUT2D eigenvalue weighted by Crippen LogP contribution is 2.46. The van der Waals surface area contributed by atoms with Gasteiger partial charge in [-0.15, -0.1) is 0 Å². The van der Waals surface area contributed by atoms with Crippen molar-refractivity contribution in [3.8, 4) is 124 Å². The van der Waals surface area contributed by atoms with E-state index in [9.17, 15) is 28.8 Å². The highest BCUT2D eigenvalue weighted by Gasteiger charge is 2.27. The number of benzene rings is 8. The van der Waals surface area contributed by atoms with Crippen molar-refractivity contribution in [2.75, 3.05) is 53.9 Å². The molecule has 0 aliphatic heterocycles. The van der Waals surface area contributed by atoms with Crippen LogP contribution in [0.15, 0.2) is 158 Å². The molecule has 0 saturated heterocycles. The zero-order valence-electron chi connectivity index (χ0n) is 64.4. The van der Waals surface area contributed by atoms with Crippen LogP contribution in [0.1, 0.15) is 125 Å². The van der Waals surface area contributed by atoms with Crippen LogP contribution in [-0.4, -0.2) is 123 Å². The van der Waals surface area contributed by atoms with Crippen molar-refractivity contribution in [1.82, 2.24) is 0 Å². The highest BCUT2D eigenvalue weighted by atomic mass is 16.6. The van der Waals surface area contributed by atoms with Gasteiger partial charge in [-0.3, -0.25) is 0 Å². The van der Waals surface area contributed by atoms with Gasteiger partial charge in [0.2, 0.25) is 0 Å². The van der Waals surface area contributed by atoms with E-state index < -0.39 is 95.8 Å². The lowest BCUT2D eigenvalue weighted by atomic mass is 9.93. The largest absolute Gasteiger partial charge is 0.497 e. The molecule has 0 atom stereocenters. The summed E-state index contributed by atoms with van der Waals surface area (Å²) in [4.78, 5) is 80.5. The molecule has 20 heteroatoms. The molecule has 0 unspecified atom stereocenters. The van der Waals surface area contributed by atoms with E-state index in [0.29, 0.717) is 89.8 Å². The molecule has 0 aliphatic rings. The van der Waals surface area contributed by atoms with Crippen LogP contribution in [0.5, 0.6) is 46.0 Å². The third kappa shape index (κ3) is 24.6. The lowest BCUT2D eigenvalue weighted by Gasteiger charge is -2.22. The molecule has 0 aromatic heterocycles. The van der Waals surface area contributed by atoms with E-state index in [1.807, 2.05) is 97.1 Å². The molecule has 0 amide bonds. The third-order valence-corrected chi connectivity index (χ3v) is 14.9. The Balaban J connectivity index is 1.27. The Labute approximate surface area is 621 Å². The van der Waals surface area contributed by atoms with E-state index in [2.05, 4.69) is 0 Å². The van der Waals surface area contributed by atoms with Crippen LogP contribution in [0, 0.1) is 0 Å². The molecule has 8 rings (SSSR count). The fraction of sp³-hybridized carbons (Fsp3) is 0.372. The van der Waals surface area contributed by atoms with Crippen LogP contribution >= 0.6 is 0 Å². The summed E-state index contributed by atoms with van der Waals surface area (Å²) >= 11 is 0. The van der Waals surface area contributed by atoms with Crippen molar-refractivity contribution in [3.63, 3.8) is 0 Å². The van der Waals surface area contributed by atoms with E-state index in [0.717, 1.165) is 11.1 Å². The quantitative estimate of drug-likeness (QED) is 0.0344. The van der Waals surface area contributed by atoms with E-state index in [4.69, 9.17) is 66.3 Å².